The van der Waals surface area contributed by atoms with Gasteiger partial charge in [0.2, 0.25) is 5.91 Å². The van der Waals surface area contributed by atoms with Gasteiger partial charge in [0.25, 0.3) is 0 Å². The van der Waals surface area contributed by atoms with Gasteiger partial charge in [-0.1, -0.05) is 53.6 Å². The van der Waals surface area contributed by atoms with Crippen LogP contribution in [0.5, 0.6) is 0 Å². The average Bonchev–Trinajstić information content (AvgIpc) is 2.39. The molecule has 2 aromatic rings. The predicted molar refractivity (Wildman–Crippen MR) is 82.9 cm³/mol. The van der Waals surface area contributed by atoms with Gasteiger partial charge in [0, 0.05) is 5.02 Å². The number of rotatable bonds is 4. The third-order valence-electron chi connectivity index (χ3n) is 3.21. The molecular weight excluding hydrogens is 270 g/mol. The van der Waals surface area contributed by atoms with Crippen molar-refractivity contribution in [1.82, 2.24) is 5.32 Å². The molecule has 1 amide bonds. The van der Waals surface area contributed by atoms with Gasteiger partial charge in [0.15, 0.2) is 0 Å². The zero-order chi connectivity index (χ0) is 14.5. The number of amides is 1. The summed E-state index contributed by atoms with van der Waals surface area (Å²) in [5.74, 6) is 0.000316. The Morgan fingerprint density at radius 3 is 2.55 bits per heavy atom. The maximum atomic E-state index is 12.0. The van der Waals surface area contributed by atoms with Crippen molar-refractivity contribution in [1.29, 1.82) is 0 Å². The van der Waals surface area contributed by atoms with E-state index >= 15 is 0 Å². The fourth-order valence-corrected chi connectivity index (χ4v) is 2.28. The molecule has 2 rings (SSSR count). The van der Waals surface area contributed by atoms with Crippen LogP contribution >= 0.6 is 11.6 Å². The third kappa shape index (κ3) is 4.10. The van der Waals surface area contributed by atoms with Crippen LogP contribution in [0.3, 0.4) is 0 Å². The van der Waals surface area contributed by atoms with Crippen molar-refractivity contribution in [2.75, 3.05) is 0 Å². The fraction of sp³-hybridized carbons (Fsp3) is 0.235. The first-order valence-corrected chi connectivity index (χ1v) is 7.03. The number of aryl methyl sites for hydroxylation is 1. The minimum Gasteiger partial charge on any atom is -0.349 e. The number of carbonyl (C=O) groups is 1. The maximum Gasteiger partial charge on any atom is 0.224 e. The molecule has 0 fully saturated rings. The molecule has 1 atom stereocenters. The van der Waals surface area contributed by atoms with Gasteiger partial charge in [-0.05, 0) is 37.1 Å². The van der Waals surface area contributed by atoms with Crippen LogP contribution in [0.15, 0.2) is 48.5 Å². The van der Waals surface area contributed by atoms with Gasteiger partial charge in [-0.2, -0.15) is 0 Å². The molecular formula is C17H18ClNO. The van der Waals surface area contributed by atoms with Crippen molar-refractivity contribution in [3.05, 3.63) is 70.2 Å². The number of hydrogen-bond donors (Lipinski definition) is 1. The van der Waals surface area contributed by atoms with Gasteiger partial charge < -0.3 is 5.32 Å². The van der Waals surface area contributed by atoms with Gasteiger partial charge in [-0.3, -0.25) is 4.79 Å². The molecule has 1 N–H and O–H groups in total. The summed E-state index contributed by atoms with van der Waals surface area (Å²) >= 11 is 5.91. The van der Waals surface area contributed by atoms with E-state index in [0.29, 0.717) is 11.4 Å². The average molecular weight is 288 g/mol. The van der Waals surface area contributed by atoms with Crippen LogP contribution in [0.1, 0.15) is 29.7 Å². The molecule has 3 heteroatoms. The topological polar surface area (TPSA) is 29.1 Å². The lowest BCUT2D eigenvalue weighted by molar-refractivity contribution is -0.121. The molecule has 0 saturated heterocycles. The molecule has 0 radical (unpaired) electrons. The Morgan fingerprint density at radius 1 is 1.20 bits per heavy atom. The van der Waals surface area contributed by atoms with Crippen molar-refractivity contribution >= 4 is 17.5 Å². The lowest BCUT2D eigenvalue weighted by Crippen LogP contribution is -2.28. The summed E-state index contributed by atoms with van der Waals surface area (Å²) < 4.78 is 0. The highest BCUT2D eigenvalue weighted by atomic mass is 35.5. The van der Waals surface area contributed by atoms with E-state index in [4.69, 9.17) is 11.6 Å². The quantitative estimate of drug-likeness (QED) is 0.902. The first kappa shape index (κ1) is 14.6. The minimum absolute atomic E-state index is 0.000316. The first-order valence-electron chi connectivity index (χ1n) is 6.65. The summed E-state index contributed by atoms with van der Waals surface area (Å²) in [4.78, 5) is 12.0. The fourth-order valence-electron chi connectivity index (χ4n) is 2.06. The van der Waals surface area contributed by atoms with Crippen molar-refractivity contribution in [2.45, 2.75) is 26.3 Å². The van der Waals surface area contributed by atoms with Gasteiger partial charge >= 0.3 is 0 Å². The van der Waals surface area contributed by atoms with Crippen LogP contribution in [0.25, 0.3) is 0 Å². The molecule has 0 aliphatic rings. The summed E-state index contributed by atoms with van der Waals surface area (Å²) in [6, 6.07) is 15.6. The zero-order valence-electron chi connectivity index (χ0n) is 11.7. The minimum atomic E-state index is 0.000316. The van der Waals surface area contributed by atoms with Gasteiger partial charge in [-0.25, -0.2) is 0 Å². The monoisotopic (exact) mass is 287 g/mol. The molecule has 2 aromatic carbocycles. The predicted octanol–water partition coefficient (Wildman–Crippen LogP) is 4.07. The van der Waals surface area contributed by atoms with E-state index in [2.05, 4.69) is 17.4 Å². The van der Waals surface area contributed by atoms with Crippen molar-refractivity contribution in [3.63, 3.8) is 0 Å². The second-order valence-electron chi connectivity index (χ2n) is 5.01. The van der Waals surface area contributed by atoms with E-state index in [0.717, 1.165) is 11.1 Å². The molecule has 2 nitrogen and oxygen atoms in total. The Morgan fingerprint density at radius 2 is 1.90 bits per heavy atom. The van der Waals surface area contributed by atoms with Crippen LogP contribution in [-0.2, 0) is 11.2 Å². The lowest BCUT2D eigenvalue weighted by Gasteiger charge is -2.14. The summed E-state index contributed by atoms with van der Waals surface area (Å²) in [6.07, 6.45) is 0.344. The Balaban J connectivity index is 1.95. The molecule has 0 aliphatic heterocycles. The van der Waals surface area contributed by atoms with Gasteiger partial charge in [0.1, 0.15) is 0 Å². The maximum absolute atomic E-state index is 12.0. The normalized spacial score (nSPS) is 11.9. The Hall–Kier alpha value is -1.80. The zero-order valence-corrected chi connectivity index (χ0v) is 12.4. The highest BCUT2D eigenvalue weighted by molar-refractivity contribution is 6.30. The second kappa shape index (κ2) is 6.58. The summed E-state index contributed by atoms with van der Waals surface area (Å²) in [6.45, 7) is 4.03. The van der Waals surface area contributed by atoms with E-state index in [-0.39, 0.29) is 11.9 Å². The van der Waals surface area contributed by atoms with Crippen LogP contribution in [-0.4, -0.2) is 5.91 Å². The van der Waals surface area contributed by atoms with E-state index in [9.17, 15) is 4.79 Å². The van der Waals surface area contributed by atoms with E-state index in [1.807, 2.05) is 44.2 Å². The number of halogens is 1. The Labute approximate surface area is 124 Å². The third-order valence-corrected chi connectivity index (χ3v) is 3.44. The van der Waals surface area contributed by atoms with Gasteiger partial charge in [0.05, 0.1) is 12.5 Å². The molecule has 20 heavy (non-hydrogen) atoms. The number of nitrogens with one attached hydrogen (secondary N) is 1. The standard InChI is InChI=1S/C17H18ClNO/c1-12-6-8-15(9-7-12)13(2)19-17(20)11-14-4-3-5-16(18)10-14/h3-10,13H,11H2,1-2H3,(H,19,20)/t13-/m0/s1. The van der Waals surface area contributed by atoms with Gasteiger partial charge in [-0.15, -0.1) is 0 Å². The van der Waals surface area contributed by atoms with Crippen molar-refractivity contribution < 1.29 is 4.79 Å². The molecule has 0 unspecified atom stereocenters. The Kier molecular flexibility index (Phi) is 4.80. The number of hydrogen-bond acceptors (Lipinski definition) is 1. The molecule has 0 saturated carbocycles. The largest absolute Gasteiger partial charge is 0.349 e. The summed E-state index contributed by atoms with van der Waals surface area (Å²) in [5, 5.41) is 3.66. The van der Waals surface area contributed by atoms with E-state index in [1.165, 1.54) is 5.56 Å². The lowest BCUT2D eigenvalue weighted by atomic mass is 10.1. The molecule has 0 aliphatic carbocycles. The summed E-state index contributed by atoms with van der Waals surface area (Å²) in [5.41, 5.74) is 3.24. The van der Waals surface area contributed by atoms with Crippen LogP contribution in [0, 0.1) is 6.92 Å². The van der Waals surface area contributed by atoms with Crippen LogP contribution in [0.2, 0.25) is 5.02 Å². The Bertz CT molecular complexity index is 592. The first-order chi connectivity index (χ1) is 9.54. The SMILES string of the molecule is Cc1ccc([C@H](C)NC(=O)Cc2cccc(Cl)c2)cc1. The molecule has 104 valence electrons. The van der Waals surface area contributed by atoms with Crippen LogP contribution in [0.4, 0.5) is 0 Å². The molecule has 0 heterocycles. The number of benzene rings is 2. The smallest absolute Gasteiger partial charge is 0.224 e. The molecule has 0 aromatic heterocycles. The van der Waals surface area contributed by atoms with E-state index < -0.39 is 0 Å². The molecule has 0 spiro atoms. The summed E-state index contributed by atoms with van der Waals surface area (Å²) in [7, 11) is 0. The highest BCUT2D eigenvalue weighted by Crippen LogP contribution is 2.14. The highest BCUT2D eigenvalue weighted by Gasteiger charge is 2.10. The van der Waals surface area contributed by atoms with E-state index in [1.54, 1.807) is 6.07 Å². The number of carbonyl (C=O) groups excluding carboxylic acids is 1. The second-order valence-corrected chi connectivity index (χ2v) is 5.44. The van der Waals surface area contributed by atoms with Crippen molar-refractivity contribution in [2.24, 2.45) is 0 Å². The van der Waals surface area contributed by atoms with Crippen LogP contribution < -0.4 is 5.32 Å². The van der Waals surface area contributed by atoms with Crippen molar-refractivity contribution in [3.8, 4) is 0 Å². The molecule has 0 bridgehead atoms.